The molecule has 0 N–H and O–H groups in total. The highest BCUT2D eigenvalue weighted by atomic mass is 16.1. The molecule has 11 heavy (non-hydrogen) atoms. The molecular weight excluding hydrogens is 136 g/mol. The minimum atomic E-state index is -0.0122. The van der Waals surface area contributed by atoms with Gasteiger partial charge in [-0.15, -0.1) is 6.58 Å². The van der Waals surface area contributed by atoms with Gasteiger partial charge in [0.15, 0.2) is 0 Å². The minimum absolute atomic E-state index is 0.0122. The molecule has 0 bridgehead atoms. The van der Waals surface area contributed by atoms with Crippen LogP contribution in [0.2, 0.25) is 0 Å². The summed E-state index contributed by atoms with van der Waals surface area (Å²) in [5.41, 5.74) is -0.0122. The monoisotopic (exact) mass is 152 g/mol. The maximum atomic E-state index is 11.3. The fourth-order valence-electron chi connectivity index (χ4n) is 2.03. The Morgan fingerprint density at radius 3 is 2.45 bits per heavy atom. The fraction of sp³-hybridized carbons (Fsp3) is 0.700. The highest BCUT2D eigenvalue weighted by molar-refractivity contribution is 5.82. The van der Waals surface area contributed by atoms with Gasteiger partial charge in [-0.1, -0.05) is 18.9 Å². The van der Waals surface area contributed by atoms with Crippen molar-refractivity contribution in [2.75, 3.05) is 0 Å². The molecule has 1 rings (SSSR count). The van der Waals surface area contributed by atoms with Crippen LogP contribution < -0.4 is 0 Å². The van der Waals surface area contributed by atoms with Crippen molar-refractivity contribution in [3.8, 4) is 0 Å². The molecule has 0 aromatic rings. The Kier molecular flexibility index (Phi) is 2.48. The maximum Gasteiger partial charge on any atom is 0.136 e. The predicted molar refractivity (Wildman–Crippen MR) is 46.4 cm³/mol. The van der Waals surface area contributed by atoms with E-state index in [-0.39, 0.29) is 5.41 Å². The highest BCUT2D eigenvalue weighted by Gasteiger charge is 2.36. The minimum Gasteiger partial charge on any atom is -0.299 e. The van der Waals surface area contributed by atoms with Crippen LogP contribution in [0.5, 0.6) is 0 Å². The van der Waals surface area contributed by atoms with Crippen LogP contribution in [0.4, 0.5) is 0 Å². The lowest BCUT2D eigenvalue weighted by Gasteiger charge is -2.23. The molecule has 0 aliphatic heterocycles. The molecule has 0 heterocycles. The van der Waals surface area contributed by atoms with Gasteiger partial charge < -0.3 is 0 Å². The number of hydrogen-bond donors (Lipinski definition) is 0. The molecule has 0 radical (unpaired) electrons. The Bertz CT molecular complexity index is 164. The predicted octanol–water partition coefficient (Wildman–Crippen LogP) is 2.71. The molecule has 62 valence electrons. The normalized spacial score (nSPS) is 21.5. The Balaban J connectivity index is 2.69. The first kappa shape index (κ1) is 8.51. The molecule has 0 unspecified atom stereocenters. The first-order valence-electron chi connectivity index (χ1n) is 4.33. The number of carbonyl (C=O) groups excluding carboxylic acids is 1. The highest BCUT2D eigenvalue weighted by Crippen LogP contribution is 2.41. The summed E-state index contributed by atoms with van der Waals surface area (Å²) in [7, 11) is 0. The van der Waals surface area contributed by atoms with Crippen LogP contribution in [-0.4, -0.2) is 5.78 Å². The first-order valence-corrected chi connectivity index (χ1v) is 4.33. The molecule has 1 aliphatic rings. The van der Waals surface area contributed by atoms with Crippen LogP contribution in [0, 0.1) is 5.41 Å². The van der Waals surface area contributed by atoms with E-state index in [1.807, 2.05) is 6.08 Å². The molecule has 1 nitrogen and oxygen atoms in total. The van der Waals surface area contributed by atoms with Crippen LogP contribution in [0.1, 0.15) is 39.0 Å². The van der Waals surface area contributed by atoms with Gasteiger partial charge in [0.2, 0.25) is 0 Å². The molecule has 1 saturated carbocycles. The molecule has 0 atom stereocenters. The summed E-state index contributed by atoms with van der Waals surface area (Å²) in [6.45, 7) is 5.42. The van der Waals surface area contributed by atoms with Gasteiger partial charge in [0, 0.05) is 5.41 Å². The molecule has 0 aromatic carbocycles. The number of ketones is 1. The van der Waals surface area contributed by atoms with E-state index in [2.05, 4.69) is 6.58 Å². The van der Waals surface area contributed by atoms with Gasteiger partial charge >= 0.3 is 0 Å². The van der Waals surface area contributed by atoms with Gasteiger partial charge in [0.25, 0.3) is 0 Å². The summed E-state index contributed by atoms with van der Waals surface area (Å²) < 4.78 is 0. The van der Waals surface area contributed by atoms with Crippen molar-refractivity contribution >= 4 is 5.78 Å². The largest absolute Gasteiger partial charge is 0.299 e. The van der Waals surface area contributed by atoms with Crippen LogP contribution in [0.15, 0.2) is 12.7 Å². The second-order valence-electron chi connectivity index (χ2n) is 3.54. The maximum absolute atomic E-state index is 11.3. The molecule has 1 heteroatoms. The SMILES string of the molecule is C=CCC1(C(C)=O)CCCC1. The van der Waals surface area contributed by atoms with Gasteiger partial charge in [0.05, 0.1) is 0 Å². The Hall–Kier alpha value is -0.590. The topological polar surface area (TPSA) is 17.1 Å². The smallest absolute Gasteiger partial charge is 0.136 e. The third-order valence-electron chi connectivity index (χ3n) is 2.84. The zero-order valence-corrected chi connectivity index (χ0v) is 7.23. The number of carbonyl (C=O) groups is 1. The lowest BCUT2D eigenvalue weighted by Crippen LogP contribution is -2.24. The standard InChI is InChI=1S/C10H16O/c1-3-6-10(9(2)11)7-4-5-8-10/h3H,1,4-8H2,2H3. The van der Waals surface area contributed by atoms with Crippen molar-refractivity contribution in [1.82, 2.24) is 0 Å². The van der Waals surface area contributed by atoms with Crippen molar-refractivity contribution < 1.29 is 4.79 Å². The Labute approximate surface area is 68.5 Å². The zero-order valence-electron chi connectivity index (χ0n) is 7.23. The van der Waals surface area contributed by atoms with E-state index in [0.717, 1.165) is 19.3 Å². The molecule has 1 fully saturated rings. The molecule has 0 spiro atoms. The van der Waals surface area contributed by atoms with Crippen LogP contribution in [0.3, 0.4) is 0 Å². The van der Waals surface area contributed by atoms with Crippen LogP contribution in [0.25, 0.3) is 0 Å². The summed E-state index contributed by atoms with van der Waals surface area (Å²) in [5.74, 6) is 0.356. The quantitative estimate of drug-likeness (QED) is 0.568. The number of rotatable bonds is 3. The lowest BCUT2D eigenvalue weighted by atomic mass is 9.79. The van der Waals surface area contributed by atoms with Gasteiger partial charge in [-0.3, -0.25) is 4.79 Å². The zero-order chi connectivity index (χ0) is 8.32. The van der Waals surface area contributed by atoms with Gasteiger partial charge in [0.1, 0.15) is 5.78 Å². The Morgan fingerprint density at radius 2 is 2.09 bits per heavy atom. The summed E-state index contributed by atoms with van der Waals surface area (Å²) >= 11 is 0. The van der Waals surface area contributed by atoms with Crippen LogP contribution in [-0.2, 0) is 4.79 Å². The van der Waals surface area contributed by atoms with Crippen molar-refractivity contribution in [3.63, 3.8) is 0 Å². The third-order valence-corrected chi connectivity index (χ3v) is 2.84. The molecular formula is C10H16O. The van der Waals surface area contributed by atoms with E-state index >= 15 is 0 Å². The average Bonchev–Trinajstić information content (AvgIpc) is 2.38. The number of Topliss-reactive ketones (excluding diaryl/α,β-unsaturated/α-hetero) is 1. The fourth-order valence-corrected chi connectivity index (χ4v) is 2.03. The van der Waals surface area contributed by atoms with E-state index < -0.39 is 0 Å². The molecule has 1 aliphatic carbocycles. The second-order valence-corrected chi connectivity index (χ2v) is 3.54. The van der Waals surface area contributed by atoms with Crippen molar-refractivity contribution in [1.29, 1.82) is 0 Å². The molecule has 0 aromatic heterocycles. The Morgan fingerprint density at radius 1 is 1.55 bits per heavy atom. The summed E-state index contributed by atoms with van der Waals surface area (Å²) in [6, 6.07) is 0. The van der Waals surface area contributed by atoms with Crippen molar-refractivity contribution in [3.05, 3.63) is 12.7 Å². The second kappa shape index (κ2) is 3.21. The van der Waals surface area contributed by atoms with Gasteiger partial charge in [-0.25, -0.2) is 0 Å². The summed E-state index contributed by atoms with van der Waals surface area (Å²) in [6.07, 6.45) is 7.35. The van der Waals surface area contributed by atoms with Crippen molar-refractivity contribution in [2.24, 2.45) is 5.41 Å². The van der Waals surface area contributed by atoms with E-state index in [0.29, 0.717) is 5.78 Å². The lowest BCUT2D eigenvalue weighted by molar-refractivity contribution is -0.126. The van der Waals surface area contributed by atoms with Crippen molar-refractivity contribution in [2.45, 2.75) is 39.0 Å². The average molecular weight is 152 g/mol. The van der Waals surface area contributed by atoms with E-state index in [4.69, 9.17) is 0 Å². The van der Waals surface area contributed by atoms with E-state index in [1.165, 1.54) is 12.8 Å². The molecule has 0 saturated heterocycles. The summed E-state index contributed by atoms with van der Waals surface area (Å²) in [4.78, 5) is 11.3. The van der Waals surface area contributed by atoms with E-state index in [1.54, 1.807) is 6.92 Å². The van der Waals surface area contributed by atoms with E-state index in [9.17, 15) is 4.79 Å². The first-order chi connectivity index (χ1) is 5.21. The number of hydrogen-bond acceptors (Lipinski definition) is 1. The van der Waals surface area contributed by atoms with Gasteiger partial charge in [-0.05, 0) is 26.2 Å². The molecule has 0 amide bonds. The third kappa shape index (κ3) is 1.52. The number of allylic oxidation sites excluding steroid dienone is 1. The summed E-state index contributed by atoms with van der Waals surface area (Å²) in [5, 5.41) is 0. The van der Waals surface area contributed by atoms with Crippen LogP contribution >= 0.6 is 0 Å². The van der Waals surface area contributed by atoms with Gasteiger partial charge in [-0.2, -0.15) is 0 Å².